The van der Waals surface area contributed by atoms with Crippen molar-refractivity contribution in [2.75, 3.05) is 66.6 Å². The number of hydrogen-bond acceptors (Lipinski definition) is 5. The Bertz CT molecular complexity index is 391. The minimum atomic E-state index is -0.478. The van der Waals surface area contributed by atoms with E-state index in [0.717, 1.165) is 65.2 Å². The van der Waals surface area contributed by atoms with Crippen LogP contribution in [0.1, 0.15) is 19.3 Å². The summed E-state index contributed by atoms with van der Waals surface area (Å²) in [6.45, 7) is 6.90. The van der Waals surface area contributed by atoms with Crippen LogP contribution >= 0.6 is 0 Å². The molecule has 0 aromatic carbocycles. The van der Waals surface area contributed by atoms with Crippen LogP contribution in [0.25, 0.3) is 0 Å². The molecule has 2 heterocycles. The number of piperidine rings is 1. The molecule has 2 aliphatic heterocycles. The summed E-state index contributed by atoms with van der Waals surface area (Å²) in [5.74, 6) is -0.890. The Kier molecular flexibility index (Phi) is 7.26. The van der Waals surface area contributed by atoms with Crippen molar-refractivity contribution >= 4 is 11.8 Å². The number of hydrogen-bond donors (Lipinski definition) is 1. The molecule has 0 atom stereocenters. The van der Waals surface area contributed by atoms with Crippen molar-refractivity contribution in [3.05, 3.63) is 0 Å². The average molecular weight is 326 g/mol. The second-order valence-corrected chi connectivity index (χ2v) is 6.51. The van der Waals surface area contributed by atoms with Gasteiger partial charge in [0.1, 0.15) is 0 Å². The largest absolute Gasteiger partial charge is 0.379 e. The summed E-state index contributed by atoms with van der Waals surface area (Å²) in [5, 5.41) is 2.75. The quantitative estimate of drug-likeness (QED) is 0.539. The van der Waals surface area contributed by atoms with Gasteiger partial charge in [0.2, 0.25) is 0 Å². The fourth-order valence-electron chi connectivity index (χ4n) is 3.11. The number of morpholine rings is 1. The highest BCUT2D eigenvalue weighted by Crippen LogP contribution is 2.14. The number of likely N-dealkylation sites (tertiary alicyclic amines) is 1. The third kappa shape index (κ3) is 5.75. The van der Waals surface area contributed by atoms with Crippen LogP contribution in [0.5, 0.6) is 0 Å². The first-order valence-corrected chi connectivity index (χ1v) is 8.61. The van der Waals surface area contributed by atoms with Gasteiger partial charge in [-0.05, 0) is 45.9 Å². The van der Waals surface area contributed by atoms with Crippen LogP contribution in [0.15, 0.2) is 0 Å². The lowest BCUT2D eigenvalue weighted by atomic mass is 10.0. The number of carbonyl (C=O) groups excluding carboxylic acids is 2. The molecule has 0 aromatic heterocycles. The van der Waals surface area contributed by atoms with Crippen molar-refractivity contribution in [3.8, 4) is 0 Å². The molecule has 2 fully saturated rings. The van der Waals surface area contributed by atoms with E-state index in [0.29, 0.717) is 6.54 Å². The SMILES string of the molecule is CN1CCC(N(C)C(=O)C(=O)NCCCN2CCOCC2)CC1. The number of nitrogens with one attached hydrogen (secondary N) is 1. The number of ether oxygens (including phenoxy) is 1. The molecule has 0 aliphatic carbocycles. The Hall–Kier alpha value is -1.18. The average Bonchev–Trinajstić information content (AvgIpc) is 2.59. The van der Waals surface area contributed by atoms with E-state index in [1.165, 1.54) is 0 Å². The maximum atomic E-state index is 12.2. The zero-order valence-corrected chi connectivity index (χ0v) is 14.4. The fourth-order valence-corrected chi connectivity index (χ4v) is 3.11. The van der Waals surface area contributed by atoms with Crippen LogP contribution in [0, 0.1) is 0 Å². The van der Waals surface area contributed by atoms with E-state index in [2.05, 4.69) is 22.2 Å². The summed E-state index contributed by atoms with van der Waals surface area (Å²) in [6.07, 6.45) is 2.73. The number of amides is 2. The van der Waals surface area contributed by atoms with Gasteiger partial charge in [-0.2, -0.15) is 0 Å². The topological polar surface area (TPSA) is 65.1 Å². The summed E-state index contributed by atoms with van der Waals surface area (Å²) in [5.41, 5.74) is 0. The number of rotatable bonds is 5. The van der Waals surface area contributed by atoms with Gasteiger partial charge in [-0.15, -0.1) is 0 Å². The highest BCUT2D eigenvalue weighted by atomic mass is 16.5. The molecule has 0 unspecified atom stereocenters. The molecule has 0 bridgehead atoms. The predicted molar refractivity (Wildman–Crippen MR) is 88.2 cm³/mol. The van der Waals surface area contributed by atoms with Crippen LogP contribution < -0.4 is 5.32 Å². The molecule has 7 heteroatoms. The van der Waals surface area contributed by atoms with Gasteiger partial charge < -0.3 is 19.9 Å². The van der Waals surface area contributed by atoms with E-state index in [-0.39, 0.29) is 6.04 Å². The molecule has 7 nitrogen and oxygen atoms in total. The molecule has 2 rings (SSSR count). The molecule has 0 spiro atoms. The van der Waals surface area contributed by atoms with Crippen molar-refractivity contribution in [2.24, 2.45) is 0 Å². The molecule has 23 heavy (non-hydrogen) atoms. The Balaban J connectivity index is 1.63. The number of likely N-dealkylation sites (N-methyl/N-ethyl adjacent to an activating group) is 1. The molecule has 2 amide bonds. The second kappa shape index (κ2) is 9.20. The first-order valence-electron chi connectivity index (χ1n) is 8.61. The van der Waals surface area contributed by atoms with Gasteiger partial charge in [-0.25, -0.2) is 0 Å². The van der Waals surface area contributed by atoms with Gasteiger partial charge in [0.15, 0.2) is 0 Å². The minimum absolute atomic E-state index is 0.179. The molecule has 2 saturated heterocycles. The van der Waals surface area contributed by atoms with Gasteiger partial charge in [0, 0.05) is 32.7 Å². The van der Waals surface area contributed by atoms with Gasteiger partial charge in [-0.1, -0.05) is 0 Å². The molecule has 132 valence electrons. The monoisotopic (exact) mass is 326 g/mol. The summed E-state index contributed by atoms with van der Waals surface area (Å²) >= 11 is 0. The smallest absolute Gasteiger partial charge is 0.311 e. The lowest BCUT2D eigenvalue weighted by Gasteiger charge is -2.34. The Morgan fingerprint density at radius 3 is 2.48 bits per heavy atom. The molecule has 0 radical (unpaired) electrons. The van der Waals surface area contributed by atoms with Crippen LogP contribution in [-0.2, 0) is 14.3 Å². The van der Waals surface area contributed by atoms with Gasteiger partial charge in [-0.3, -0.25) is 14.5 Å². The van der Waals surface area contributed by atoms with E-state index in [9.17, 15) is 9.59 Å². The summed E-state index contributed by atoms with van der Waals surface area (Å²) < 4.78 is 5.30. The van der Waals surface area contributed by atoms with E-state index < -0.39 is 11.8 Å². The highest BCUT2D eigenvalue weighted by Gasteiger charge is 2.27. The maximum Gasteiger partial charge on any atom is 0.311 e. The number of carbonyl (C=O) groups is 2. The van der Waals surface area contributed by atoms with Crippen molar-refractivity contribution in [2.45, 2.75) is 25.3 Å². The van der Waals surface area contributed by atoms with Crippen LogP contribution in [0.2, 0.25) is 0 Å². The van der Waals surface area contributed by atoms with E-state index in [1.54, 1.807) is 11.9 Å². The summed E-state index contributed by atoms with van der Waals surface area (Å²) in [6, 6.07) is 0.179. The van der Waals surface area contributed by atoms with Crippen LogP contribution in [0.3, 0.4) is 0 Å². The van der Waals surface area contributed by atoms with Crippen LogP contribution in [0.4, 0.5) is 0 Å². The van der Waals surface area contributed by atoms with E-state index in [4.69, 9.17) is 4.74 Å². The zero-order chi connectivity index (χ0) is 16.7. The molecular weight excluding hydrogens is 296 g/mol. The standard InChI is InChI=1S/C16H30N4O3/c1-18-8-4-14(5-9-18)19(2)16(22)15(21)17-6-3-7-20-10-12-23-13-11-20/h14H,3-13H2,1-2H3,(H,17,21). The Labute approximate surface area is 138 Å². The van der Waals surface area contributed by atoms with Crippen molar-refractivity contribution in [1.82, 2.24) is 20.0 Å². The third-order valence-electron chi connectivity index (χ3n) is 4.79. The first-order chi connectivity index (χ1) is 11.1. The molecule has 2 aliphatic rings. The fraction of sp³-hybridized carbons (Fsp3) is 0.875. The zero-order valence-electron chi connectivity index (χ0n) is 14.4. The predicted octanol–water partition coefficient (Wildman–Crippen LogP) is -0.622. The Morgan fingerprint density at radius 2 is 1.83 bits per heavy atom. The number of nitrogens with zero attached hydrogens (tertiary/aromatic N) is 3. The van der Waals surface area contributed by atoms with E-state index in [1.807, 2.05) is 0 Å². The van der Waals surface area contributed by atoms with Crippen molar-refractivity contribution < 1.29 is 14.3 Å². The van der Waals surface area contributed by atoms with Gasteiger partial charge in [0.25, 0.3) is 0 Å². The maximum absolute atomic E-state index is 12.2. The lowest BCUT2D eigenvalue weighted by Crippen LogP contribution is -2.49. The molecule has 1 N–H and O–H groups in total. The Morgan fingerprint density at radius 1 is 1.17 bits per heavy atom. The molecule has 0 saturated carbocycles. The van der Waals surface area contributed by atoms with Gasteiger partial charge in [0.05, 0.1) is 13.2 Å². The molecule has 0 aromatic rings. The summed E-state index contributed by atoms with van der Waals surface area (Å²) in [7, 11) is 3.82. The lowest BCUT2D eigenvalue weighted by molar-refractivity contribution is -0.146. The minimum Gasteiger partial charge on any atom is -0.379 e. The first kappa shape index (κ1) is 18.2. The van der Waals surface area contributed by atoms with Gasteiger partial charge >= 0.3 is 11.8 Å². The van der Waals surface area contributed by atoms with Crippen molar-refractivity contribution in [1.29, 1.82) is 0 Å². The van der Waals surface area contributed by atoms with Crippen molar-refractivity contribution in [3.63, 3.8) is 0 Å². The molecular formula is C16H30N4O3. The van der Waals surface area contributed by atoms with E-state index >= 15 is 0 Å². The normalized spacial score (nSPS) is 21.1. The third-order valence-corrected chi connectivity index (χ3v) is 4.79. The highest BCUT2D eigenvalue weighted by molar-refractivity contribution is 6.35. The van der Waals surface area contributed by atoms with Crippen LogP contribution in [-0.4, -0.2) is 99.1 Å². The second-order valence-electron chi connectivity index (χ2n) is 6.51. The summed E-state index contributed by atoms with van der Waals surface area (Å²) in [4.78, 5) is 30.4.